The van der Waals surface area contributed by atoms with E-state index in [1.807, 2.05) is 18.2 Å². The van der Waals surface area contributed by atoms with Gasteiger partial charge in [-0.3, -0.25) is 9.88 Å². The van der Waals surface area contributed by atoms with Crippen molar-refractivity contribution in [3.63, 3.8) is 0 Å². The van der Waals surface area contributed by atoms with Gasteiger partial charge in [0.2, 0.25) is 0 Å². The van der Waals surface area contributed by atoms with Gasteiger partial charge in [0.25, 0.3) is 0 Å². The molecule has 0 aliphatic carbocycles. The summed E-state index contributed by atoms with van der Waals surface area (Å²) in [6, 6.07) is 10.5. The van der Waals surface area contributed by atoms with Crippen molar-refractivity contribution in [3.8, 4) is 5.75 Å². The maximum atomic E-state index is 6.27. The molecular formula is C17H20ClN3O. The van der Waals surface area contributed by atoms with Gasteiger partial charge in [0, 0.05) is 44.1 Å². The lowest BCUT2D eigenvalue weighted by Crippen LogP contribution is -2.45. The molecular weight excluding hydrogens is 298 g/mol. The molecule has 1 aromatic heterocycles. The molecule has 22 heavy (non-hydrogen) atoms. The summed E-state index contributed by atoms with van der Waals surface area (Å²) in [4.78, 5) is 6.50. The van der Waals surface area contributed by atoms with Gasteiger partial charge in [-0.05, 0) is 17.7 Å². The minimum Gasteiger partial charge on any atom is -0.496 e. The largest absolute Gasteiger partial charge is 0.496 e. The number of benzene rings is 1. The zero-order valence-electron chi connectivity index (χ0n) is 12.6. The number of hydrogen-bond donors (Lipinski definition) is 1. The second-order valence-corrected chi connectivity index (χ2v) is 5.81. The van der Waals surface area contributed by atoms with E-state index in [0.29, 0.717) is 0 Å². The lowest BCUT2D eigenvalue weighted by atomic mass is 10.0. The number of para-hydroxylation sites is 1. The van der Waals surface area contributed by atoms with Crippen molar-refractivity contribution in [1.29, 1.82) is 0 Å². The van der Waals surface area contributed by atoms with E-state index in [1.165, 1.54) is 5.56 Å². The highest BCUT2D eigenvalue weighted by molar-refractivity contribution is 6.31. The molecule has 1 N–H and O–H groups in total. The summed E-state index contributed by atoms with van der Waals surface area (Å²) in [6.45, 7) is 3.67. The van der Waals surface area contributed by atoms with Crippen LogP contribution in [0.2, 0.25) is 5.02 Å². The first-order chi connectivity index (χ1) is 10.8. The predicted molar refractivity (Wildman–Crippen MR) is 88.3 cm³/mol. The topological polar surface area (TPSA) is 37.4 Å². The number of aromatic nitrogens is 1. The third kappa shape index (κ3) is 3.24. The molecule has 1 unspecified atom stereocenters. The molecule has 116 valence electrons. The highest BCUT2D eigenvalue weighted by Gasteiger charge is 2.26. The second kappa shape index (κ2) is 7.09. The monoisotopic (exact) mass is 317 g/mol. The Hall–Kier alpha value is -1.62. The molecule has 1 saturated heterocycles. The van der Waals surface area contributed by atoms with Crippen LogP contribution in [0.5, 0.6) is 5.75 Å². The number of nitrogens with zero attached hydrogens (tertiary/aromatic N) is 2. The van der Waals surface area contributed by atoms with Gasteiger partial charge in [-0.1, -0.05) is 29.8 Å². The Balaban J connectivity index is 1.87. The molecule has 0 amide bonds. The van der Waals surface area contributed by atoms with Crippen LogP contribution in [0, 0.1) is 0 Å². The van der Waals surface area contributed by atoms with Gasteiger partial charge in [-0.2, -0.15) is 0 Å². The van der Waals surface area contributed by atoms with Gasteiger partial charge in [0.05, 0.1) is 18.2 Å². The zero-order chi connectivity index (χ0) is 15.4. The molecule has 1 aliphatic rings. The number of rotatable bonds is 4. The normalized spacial score (nSPS) is 19.1. The third-order valence-electron chi connectivity index (χ3n) is 4.08. The summed E-state index contributed by atoms with van der Waals surface area (Å²) in [7, 11) is 1.72. The fraction of sp³-hybridized carbons (Fsp3) is 0.353. The first-order valence-corrected chi connectivity index (χ1v) is 7.83. The summed E-state index contributed by atoms with van der Waals surface area (Å²) in [6.07, 6.45) is 3.50. The number of nitrogens with one attached hydrogen (secondary N) is 1. The van der Waals surface area contributed by atoms with Crippen LogP contribution in [0.1, 0.15) is 17.2 Å². The molecule has 1 aliphatic heterocycles. The zero-order valence-corrected chi connectivity index (χ0v) is 13.4. The van der Waals surface area contributed by atoms with Gasteiger partial charge in [0.15, 0.2) is 0 Å². The Labute approximate surface area is 136 Å². The lowest BCUT2D eigenvalue weighted by molar-refractivity contribution is 0.151. The average molecular weight is 318 g/mol. The summed E-state index contributed by atoms with van der Waals surface area (Å²) >= 11 is 6.27. The number of halogens is 1. The number of piperazine rings is 1. The minimum atomic E-state index is 0.272. The average Bonchev–Trinajstić information content (AvgIpc) is 2.57. The Bertz CT molecular complexity index is 635. The van der Waals surface area contributed by atoms with Crippen molar-refractivity contribution >= 4 is 11.6 Å². The molecule has 1 fully saturated rings. The van der Waals surface area contributed by atoms with Crippen molar-refractivity contribution in [1.82, 2.24) is 15.2 Å². The Kier molecular flexibility index (Phi) is 4.93. The van der Waals surface area contributed by atoms with Crippen molar-refractivity contribution in [2.75, 3.05) is 26.7 Å². The number of methoxy groups -OCH3 is 1. The van der Waals surface area contributed by atoms with E-state index in [1.54, 1.807) is 19.5 Å². The molecule has 1 aromatic carbocycles. The van der Waals surface area contributed by atoms with Gasteiger partial charge >= 0.3 is 0 Å². The molecule has 2 heterocycles. The van der Waals surface area contributed by atoms with Crippen LogP contribution in [0.3, 0.4) is 0 Å². The van der Waals surface area contributed by atoms with Crippen LogP contribution in [-0.4, -0.2) is 36.6 Å². The SMILES string of the molecule is COc1ccccc1C1CNCCN1Cc1ccncc1Cl. The molecule has 1 atom stereocenters. The van der Waals surface area contributed by atoms with Gasteiger partial charge in [-0.15, -0.1) is 0 Å². The summed E-state index contributed by atoms with van der Waals surface area (Å²) < 4.78 is 5.53. The maximum Gasteiger partial charge on any atom is 0.123 e. The van der Waals surface area contributed by atoms with E-state index < -0.39 is 0 Å². The molecule has 0 radical (unpaired) electrons. The Morgan fingerprint density at radius 1 is 1.36 bits per heavy atom. The predicted octanol–water partition coefficient (Wildman–Crippen LogP) is 2.89. The highest BCUT2D eigenvalue weighted by atomic mass is 35.5. The smallest absolute Gasteiger partial charge is 0.123 e. The summed E-state index contributed by atoms with van der Waals surface area (Å²) in [5, 5.41) is 4.19. The van der Waals surface area contributed by atoms with Gasteiger partial charge in [0.1, 0.15) is 5.75 Å². The minimum absolute atomic E-state index is 0.272. The first kappa shape index (κ1) is 15.3. The van der Waals surface area contributed by atoms with Crippen LogP contribution < -0.4 is 10.1 Å². The number of pyridine rings is 1. The Morgan fingerprint density at radius 3 is 3.05 bits per heavy atom. The van der Waals surface area contributed by atoms with Crippen molar-refractivity contribution < 1.29 is 4.74 Å². The van der Waals surface area contributed by atoms with E-state index in [4.69, 9.17) is 16.3 Å². The van der Waals surface area contributed by atoms with E-state index in [0.717, 1.165) is 42.5 Å². The lowest BCUT2D eigenvalue weighted by Gasteiger charge is -2.37. The fourth-order valence-electron chi connectivity index (χ4n) is 2.94. The highest BCUT2D eigenvalue weighted by Crippen LogP contribution is 2.31. The van der Waals surface area contributed by atoms with Crippen molar-refractivity contribution in [3.05, 3.63) is 58.9 Å². The second-order valence-electron chi connectivity index (χ2n) is 5.40. The van der Waals surface area contributed by atoms with Crippen LogP contribution in [0.4, 0.5) is 0 Å². The fourth-order valence-corrected chi connectivity index (χ4v) is 3.11. The third-order valence-corrected chi connectivity index (χ3v) is 4.42. The van der Waals surface area contributed by atoms with Gasteiger partial charge in [-0.25, -0.2) is 0 Å². The summed E-state index contributed by atoms with van der Waals surface area (Å²) in [5.74, 6) is 0.932. The summed E-state index contributed by atoms with van der Waals surface area (Å²) in [5.41, 5.74) is 2.32. The first-order valence-electron chi connectivity index (χ1n) is 7.45. The molecule has 0 saturated carbocycles. The molecule has 2 aromatic rings. The van der Waals surface area contributed by atoms with E-state index in [9.17, 15) is 0 Å². The molecule has 0 bridgehead atoms. The van der Waals surface area contributed by atoms with E-state index in [2.05, 4.69) is 27.3 Å². The van der Waals surface area contributed by atoms with Crippen LogP contribution in [0.15, 0.2) is 42.7 Å². The Morgan fingerprint density at radius 2 is 2.23 bits per heavy atom. The van der Waals surface area contributed by atoms with E-state index >= 15 is 0 Å². The molecule has 0 spiro atoms. The molecule has 4 nitrogen and oxygen atoms in total. The number of hydrogen-bond acceptors (Lipinski definition) is 4. The standard InChI is InChI=1S/C17H20ClN3O/c1-22-17-5-3-2-4-14(17)16-11-20-8-9-21(16)12-13-6-7-19-10-15(13)18/h2-7,10,16,20H,8-9,11-12H2,1H3. The number of ether oxygens (including phenoxy) is 1. The molecule has 5 heteroatoms. The van der Waals surface area contributed by atoms with Crippen LogP contribution >= 0.6 is 11.6 Å². The van der Waals surface area contributed by atoms with E-state index in [-0.39, 0.29) is 6.04 Å². The van der Waals surface area contributed by atoms with Gasteiger partial charge < -0.3 is 10.1 Å². The molecule has 3 rings (SSSR count). The van der Waals surface area contributed by atoms with Crippen molar-refractivity contribution in [2.45, 2.75) is 12.6 Å². The van der Waals surface area contributed by atoms with Crippen LogP contribution in [-0.2, 0) is 6.54 Å². The maximum absolute atomic E-state index is 6.27. The quantitative estimate of drug-likeness (QED) is 0.941. The van der Waals surface area contributed by atoms with Crippen LogP contribution in [0.25, 0.3) is 0 Å². The van der Waals surface area contributed by atoms with Crippen molar-refractivity contribution in [2.24, 2.45) is 0 Å².